The standard InChI is InChI=1S/C20H14O2/c21-20(22)19-16-10-5-4-9-15(16)18-14(11-6-12-17(18)19)13-7-2-1-3-8-13/h1-12,19H,(H,21,22). The molecule has 0 radical (unpaired) electrons. The minimum atomic E-state index is -0.795. The Labute approximate surface area is 128 Å². The molecule has 0 bridgehead atoms. The lowest BCUT2D eigenvalue weighted by Gasteiger charge is -2.11. The molecule has 1 N–H and O–H groups in total. The summed E-state index contributed by atoms with van der Waals surface area (Å²) < 4.78 is 0. The van der Waals surface area contributed by atoms with Crippen LogP contribution in [-0.2, 0) is 4.79 Å². The van der Waals surface area contributed by atoms with Crippen molar-refractivity contribution in [2.75, 3.05) is 0 Å². The van der Waals surface area contributed by atoms with E-state index in [9.17, 15) is 9.90 Å². The van der Waals surface area contributed by atoms with E-state index in [1.54, 1.807) is 0 Å². The Balaban J connectivity index is 2.05. The van der Waals surface area contributed by atoms with Crippen LogP contribution in [0.25, 0.3) is 22.3 Å². The third-order valence-corrected chi connectivity index (χ3v) is 4.28. The van der Waals surface area contributed by atoms with E-state index in [1.807, 2.05) is 54.6 Å². The third kappa shape index (κ3) is 1.77. The van der Waals surface area contributed by atoms with Crippen molar-refractivity contribution >= 4 is 5.97 Å². The molecule has 0 aliphatic heterocycles. The normalized spacial score (nSPS) is 15.2. The lowest BCUT2D eigenvalue weighted by Crippen LogP contribution is -2.09. The molecule has 3 aromatic carbocycles. The second-order valence-electron chi connectivity index (χ2n) is 5.49. The van der Waals surface area contributed by atoms with E-state index < -0.39 is 11.9 Å². The summed E-state index contributed by atoms with van der Waals surface area (Å²) in [6.07, 6.45) is 0. The summed E-state index contributed by atoms with van der Waals surface area (Å²) in [5.41, 5.74) is 6.05. The van der Waals surface area contributed by atoms with E-state index in [1.165, 1.54) is 0 Å². The van der Waals surface area contributed by atoms with Crippen molar-refractivity contribution in [3.8, 4) is 22.3 Å². The Kier molecular flexibility index (Phi) is 2.83. The molecule has 0 heterocycles. The number of carboxylic acids is 1. The monoisotopic (exact) mass is 286 g/mol. The van der Waals surface area contributed by atoms with Crippen molar-refractivity contribution in [3.05, 3.63) is 83.9 Å². The van der Waals surface area contributed by atoms with Crippen molar-refractivity contribution < 1.29 is 9.90 Å². The summed E-state index contributed by atoms with van der Waals surface area (Å²) in [5, 5.41) is 9.67. The molecule has 2 nitrogen and oxygen atoms in total. The fraction of sp³-hybridized carbons (Fsp3) is 0.0500. The maximum Gasteiger partial charge on any atom is 0.315 e. The fourth-order valence-corrected chi connectivity index (χ4v) is 3.38. The van der Waals surface area contributed by atoms with Crippen LogP contribution in [0.2, 0.25) is 0 Å². The first kappa shape index (κ1) is 12.8. The van der Waals surface area contributed by atoms with E-state index in [2.05, 4.69) is 18.2 Å². The molecule has 0 amide bonds. The summed E-state index contributed by atoms with van der Waals surface area (Å²) in [5.74, 6) is -1.37. The number of rotatable bonds is 2. The maximum atomic E-state index is 11.8. The van der Waals surface area contributed by atoms with Gasteiger partial charge in [0.05, 0.1) is 0 Å². The Morgan fingerprint density at radius 2 is 1.36 bits per heavy atom. The second kappa shape index (κ2) is 4.85. The van der Waals surface area contributed by atoms with Gasteiger partial charge in [-0.2, -0.15) is 0 Å². The molecule has 106 valence electrons. The van der Waals surface area contributed by atoms with Gasteiger partial charge < -0.3 is 5.11 Å². The number of carboxylic acid groups (broad SMARTS) is 1. The molecular formula is C20H14O2. The zero-order valence-corrected chi connectivity index (χ0v) is 11.9. The van der Waals surface area contributed by atoms with Crippen LogP contribution in [0.5, 0.6) is 0 Å². The number of hydrogen-bond acceptors (Lipinski definition) is 1. The van der Waals surface area contributed by atoms with Crippen LogP contribution in [0.4, 0.5) is 0 Å². The highest BCUT2D eigenvalue weighted by atomic mass is 16.4. The quantitative estimate of drug-likeness (QED) is 0.750. The lowest BCUT2D eigenvalue weighted by molar-refractivity contribution is -0.137. The first-order valence-corrected chi connectivity index (χ1v) is 7.28. The molecule has 1 atom stereocenters. The van der Waals surface area contributed by atoms with E-state index in [0.717, 1.165) is 33.4 Å². The minimum Gasteiger partial charge on any atom is -0.481 e. The Hall–Kier alpha value is -2.87. The van der Waals surface area contributed by atoms with Crippen molar-refractivity contribution in [2.45, 2.75) is 5.92 Å². The first-order valence-electron chi connectivity index (χ1n) is 7.28. The van der Waals surface area contributed by atoms with Crippen LogP contribution < -0.4 is 0 Å². The highest BCUT2D eigenvalue weighted by Crippen LogP contribution is 2.48. The summed E-state index contributed by atoms with van der Waals surface area (Å²) in [7, 11) is 0. The molecule has 22 heavy (non-hydrogen) atoms. The zero-order chi connectivity index (χ0) is 15.1. The summed E-state index contributed by atoms with van der Waals surface area (Å²) in [4.78, 5) is 11.8. The van der Waals surface area contributed by atoms with E-state index in [4.69, 9.17) is 0 Å². The molecule has 2 heteroatoms. The number of carbonyl (C=O) groups is 1. The van der Waals surface area contributed by atoms with Crippen molar-refractivity contribution in [3.63, 3.8) is 0 Å². The van der Waals surface area contributed by atoms with Gasteiger partial charge in [0.15, 0.2) is 0 Å². The average Bonchev–Trinajstić information content (AvgIpc) is 2.90. The van der Waals surface area contributed by atoms with Gasteiger partial charge in [0, 0.05) is 0 Å². The Bertz CT molecular complexity index is 866. The SMILES string of the molecule is O=C(O)C1c2ccccc2-c2c(-c3ccccc3)cccc21. The van der Waals surface area contributed by atoms with Gasteiger partial charge in [-0.1, -0.05) is 72.8 Å². The zero-order valence-electron chi connectivity index (χ0n) is 11.9. The minimum absolute atomic E-state index is 0.574. The number of hydrogen-bond donors (Lipinski definition) is 1. The van der Waals surface area contributed by atoms with E-state index in [-0.39, 0.29) is 0 Å². The largest absolute Gasteiger partial charge is 0.481 e. The van der Waals surface area contributed by atoms with E-state index >= 15 is 0 Å². The summed E-state index contributed by atoms with van der Waals surface area (Å²) >= 11 is 0. The fourth-order valence-electron chi connectivity index (χ4n) is 3.38. The van der Waals surface area contributed by atoms with E-state index in [0.29, 0.717) is 0 Å². The van der Waals surface area contributed by atoms with Gasteiger partial charge in [0.25, 0.3) is 0 Å². The average molecular weight is 286 g/mol. The van der Waals surface area contributed by atoms with Gasteiger partial charge in [-0.25, -0.2) is 0 Å². The van der Waals surface area contributed by atoms with Crippen LogP contribution in [0, 0.1) is 0 Å². The molecule has 4 rings (SSSR count). The molecule has 0 fully saturated rings. The van der Waals surface area contributed by atoms with Crippen LogP contribution in [0.3, 0.4) is 0 Å². The molecule has 0 aromatic heterocycles. The third-order valence-electron chi connectivity index (χ3n) is 4.28. The van der Waals surface area contributed by atoms with Crippen molar-refractivity contribution in [1.29, 1.82) is 0 Å². The molecular weight excluding hydrogens is 272 g/mol. The van der Waals surface area contributed by atoms with Gasteiger partial charge in [-0.15, -0.1) is 0 Å². The number of fused-ring (bicyclic) bond motifs is 3. The molecule has 0 saturated carbocycles. The Morgan fingerprint density at radius 3 is 2.14 bits per heavy atom. The molecule has 0 saturated heterocycles. The molecule has 1 aliphatic rings. The van der Waals surface area contributed by atoms with Gasteiger partial charge in [-0.3, -0.25) is 4.79 Å². The first-order chi connectivity index (χ1) is 10.8. The van der Waals surface area contributed by atoms with Gasteiger partial charge in [0.2, 0.25) is 0 Å². The Morgan fingerprint density at radius 1 is 0.727 bits per heavy atom. The van der Waals surface area contributed by atoms with Crippen LogP contribution in [0.15, 0.2) is 72.8 Å². The summed E-state index contributed by atoms with van der Waals surface area (Å²) in [6, 6.07) is 23.9. The number of aliphatic carboxylic acids is 1. The lowest BCUT2D eigenvalue weighted by atomic mass is 9.93. The molecule has 0 spiro atoms. The maximum absolute atomic E-state index is 11.8. The molecule has 3 aromatic rings. The molecule has 1 unspecified atom stereocenters. The molecule has 1 aliphatic carbocycles. The second-order valence-corrected chi connectivity index (χ2v) is 5.49. The highest BCUT2D eigenvalue weighted by Gasteiger charge is 2.34. The predicted molar refractivity (Wildman–Crippen MR) is 86.8 cm³/mol. The van der Waals surface area contributed by atoms with Gasteiger partial charge >= 0.3 is 5.97 Å². The van der Waals surface area contributed by atoms with Crippen molar-refractivity contribution in [1.82, 2.24) is 0 Å². The topological polar surface area (TPSA) is 37.3 Å². The number of benzene rings is 3. The summed E-state index contributed by atoms with van der Waals surface area (Å²) in [6.45, 7) is 0. The highest BCUT2D eigenvalue weighted by molar-refractivity contribution is 5.98. The predicted octanol–water partition coefficient (Wildman–Crippen LogP) is 4.55. The van der Waals surface area contributed by atoms with Crippen LogP contribution in [-0.4, -0.2) is 11.1 Å². The smallest absolute Gasteiger partial charge is 0.315 e. The van der Waals surface area contributed by atoms with Gasteiger partial charge in [-0.05, 0) is 33.4 Å². The van der Waals surface area contributed by atoms with Gasteiger partial charge in [0.1, 0.15) is 5.92 Å². The van der Waals surface area contributed by atoms with Crippen LogP contribution in [0.1, 0.15) is 17.0 Å². The van der Waals surface area contributed by atoms with Crippen molar-refractivity contribution in [2.24, 2.45) is 0 Å². The van der Waals surface area contributed by atoms with Crippen LogP contribution >= 0.6 is 0 Å².